The summed E-state index contributed by atoms with van der Waals surface area (Å²) >= 11 is 6.96. The van der Waals surface area contributed by atoms with Gasteiger partial charge in [-0.15, -0.1) is 10.2 Å². The van der Waals surface area contributed by atoms with Crippen molar-refractivity contribution in [2.75, 3.05) is 11.1 Å². The summed E-state index contributed by atoms with van der Waals surface area (Å²) in [5.74, 6) is -0.419. The zero-order valence-corrected chi connectivity index (χ0v) is 17.1. The Morgan fingerprint density at radius 3 is 2.67 bits per heavy atom. The van der Waals surface area contributed by atoms with Crippen molar-refractivity contribution in [3.63, 3.8) is 0 Å². The van der Waals surface area contributed by atoms with E-state index in [0.29, 0.717) is 11.0 Å². The minimum atomic E-state index is -0.663. The molecule has 4 aromatic rings. The number of benzene rings is 2. The summed E-state index contributed by atoms with van der Waals surface area (Å²) in [6.07, 6.45) is 3.38. The van der Waals surface area contributed by atoms with Gasteiger partial charge in [-0.05, 0) is 36.4 Å². The molecular formula is C21H15ClFN5OS. The number of thioether (sulfide) groups is 1. The normalized spacial score (nSPS) is 10.7. The second-order valence-electron chi connectivity index (χ2n) is 6.16. The van der Waals surface area contributed by atoms with Crippen LogP contribution >= 0.6 is 23.4 Å². The second kappa shape index (κ2) is 9.06. The first-order chi connectivity index (χ1) is 14.6. The van der Waals surface area contributed by atoms with Crippen LogP contribution in [0.2, 0.25) is 5.02 Å². The number of hydrogen-bond acceptors (Lipinski definition) is 5. The molecule has 0 atom stereocenters. The Kier molecular flexibility index (Phi) is 6.06. The van der Waals surface area contributed by atoms with Crippen LogP contribution in [0.3, 0.4) is 0 Å². The number of carbonyl (C=O) groups excluding carboxylic acids is 1. The van der Waals surface area contributed by atoms with Gasteiger partial charge in [0.25, 0.3) is 0 Å². The molecule has 0 saturated heterocycles. The lowest BCUT2D eigenvalue weighted by Crippen LogP contribution is -2.15. The van der Waals surface area contributed by atoms with Gasteiger partial charge < -0.3 is 5.32 Å². The van der Waals surface area contributed by atoms with Gasteiger partial charge in [-0.3, -0.25) is 14.3 Å². The topological polar surface area (TPSA) is 72.7 Å². The van der Waals surface area contributed by atoms with Crippen molar-refractivity contribution in [3.8, 4) is 17.1 Å². The SMILES string of the molecule is O=C(CSc1nnc(-c2cccnc2)n1-c1ccccc1)Nc1cccc(Cl)c1F. The van der Waals surface area contributed by atoms with E-state index < -0.39 is 5.82 Å². The van der Waals surface area contributed by atoms with E-state index in [4.69, 9.17) is 11.6 Å². The molecule has 6 nitrogen and oxygen atoms in total. The van der Waals surface area contributed by atoms with Gasteiger partial charge in [0.2, 0.25) is 5.91 Å². The molecule has 30 heavy (non-hydrogen) atoms. The monoisotopic (exact) mass is 439 g/mol. The molecule has 0 aliphatic carbocycles. The number of aromatic nitrogens is 4. The first kappa shape index (κ1) is 20.1. The van der Waals surface area contributed by atoms with Crippen LogP contribution in [0.4, 0.5) is 10.1 Å². The molecule has 9 heteroatoms. The summed E-state index contributed by atoms with van der Waals surface area (Å²) in [6.45, 7) is 0. The van der Waals surface area contributed by atoms with Crippen molar-refractivity contribution < 1.29 is 9.18 Å². The van der Waals surface area contributed by atoms with Crippen molar-refractivity contribution in [2.45, 2.75) is 5.16 Å². The number of hydrogen-bond donors (Lipinski definition) is 1. The lowest BCUT2D eigenvalue weighted by Gasteiger charge is -2.10. The molecule has 150 valence electrons. The molecule has 2 aromatic heterocycles. The lowest BCUT2D eigenvalue weighted by molar-refractivity contribution is -0.113. The van der Waals surface area contributed by atoms with Crippen LogP contribution in [0.15, 0.2) is 78.2 Å². The molecule has 1 amide bonds. The first-order valence-electron chi connectivity index (χ1n) is 8.91. The van der Waals surface area contributed by atoms with E-state index in [0.717, 1.165) is 11.3 Å². The fourth-order valence-corrected chi connectivity index (χ4v) is 3.70. The van der Waals surface area contributed by atoms with E-state index in [1.54, 1.807) is 18.5 Å². The Labute approximate surface area is 181 Å². The number of anilines is 1. The smallest absolute Gasteiger partial charge is 0.234 e. The Morgan fingerprint density at radius 1 is 1.07 bits per heavy atom. The van der Waals surface area contributed by atoms with Gasteiger partial charge in [-0.2, -0.15) is 0 Å². The number of pyridine rings is 1. The molecule has 0 aliphatic rings. The third-order valence-electron chi connectivity index (χ3n) is 4.13. The van der Waals surface area contributed by atoms with E-state index in [2.05, 4.69) is 20.5 Å². The van der Waals surface area contributed by atoms with Crippen molar-refractivity contribution >= 4 is 35.0 Å². The molecule has 0 aliphatic heterocycles. The van der Waals surface area contributed by atoms with E-state index in [9.17, 15) is 9.18 Å². The highest BCUT2D eigenvalue weighted by atomic mass is 35.5. The average molecular weight is 440 g/mol. The Hall–Kier alpha value is -3.23. The predicted molar refractivity (Wildman–Crippen MR) is 115 cm³/mol. The highest BCUT2D eigenvalue weighted by Gasteiger charge is 2.18. The standard InChI is InChI=1S/C21H15ClFN5OS/c22-16-9-4-10-17(19(16)23)25-18(29)13-30-21-27-26-20(14-6-5-11-24-12-14)28(21)15-7-2-1-3-8-15/h1-12H,13H2,(H,25,29). The minimum Gasteiger partial charge on any atom is -0.323 e. The fraction of sp³-hybridized carbons (Fsp3) is 0.0476. The second-order valence-corrected chi connectivity index (χ2v) is 7.51. The third-order valence-corrected chi connectivity index (χ3v) is 5.35. The predicted octanol–water partition coefficient (Wildman–Crippen LogP) is 4.85. The van der Waals surface area contributed by atoms with Crippen LogP contribution in [0.25, 0.3) is 17.1 Å². The Bertz CT molecular complexity index is 1170. The van der Waals surface area contributed by atoms with Crippen molar-refractivity contribution in [1.82, 2.24) is 19.7 Å². The van der Waals surface area contributed by atoms with Gasteiger partial charge in [-0.25, -0.2) is 4.39 Å². The number of halogens is 2. The molecule has 0 radical (unpaired) electrons. The van der Waals surface area contributed by atoms with E-state index in [-0.39, 0.29) is 22.4 Å². The molecule has 0 saturated carbocycles. The van der Waals surface area contributed by atoms with Crippen LogP contribution < -0.4 is 5.32 Å². The lowest BCUT2D eigenvalue weighted by atomic mass is 10.2. The molecule has 0 spiro atoms. The van der Waals surface area contributed by atoms with Gasteiger partial charge in [0.05, 0.1) is 16.5 Å². The number of carbonyl (C=O) groups is 1. The maximum absolute atomic E-state index is 14.0. The average Bonchev–Trinajstić information content (AvgIpc) is 3.21. The zero-order chi connectivity index (χ0) is 20.9. The number of nitrogens with zero attached hydrogens (tertiary/aromatic N) is 4. The van der Waals surface area contributed by atoms with Gasteiger partial charge in [-0.1, -0.05) is 47.6 Å². The summed E-state index contributed by atoms with van der Waals surface area (Å²) in [7, 11) is 0. The molecule has 0 fully saturated rings. The van der Waals surface area contributed by atoms with Crippen LogP contribution in [0.1, 0.15) is 0 Å². The Balaban J connectivity index is 1.58. The molecule has 1 N–H and O–H groups in total. The van der Waals surface area contributed by atoms with E-state index >= 15 is 0 Å². The van der Waals surface area contributed by atoms with Gasteiger partial charge >= 0.3 is 0 Å². The maximum Gasteiger partial charge on any atom is 0.234 e. The fourth-order valence-electron chi connectivity index (χ4n) is 2.77. The van der Waals surface area contributed by atoms with Crippen LogP contribution in [-0.2, 0) is 4.79 Å². The van der Waals surface area contributed by atoms with E-state index in [1.807, 2.05) is 47.0 Å². The highest BCUT2D eigenvalue weighted by Crippen LogP contribution is 2.28. The third kappa shape index (κ3) is 4.34. The zero-order valence-electron chi connectivity index (χ0n) is 15.5. The van der Waals surface area contributed by atoms with Crippen molar-refractivity contribution in [1.29, 1.82) is 0 Å². The molecule has 2 aromatic carbocycles. The van der Waals surface area contributed by atoms with Crippen molar-refractivity contribution in [3.05, 3.63) is 83.9 Å². The largest absolute Gasteiger partial charge is 0.323 e. The maximum atomic E-state index is 14.0. The van der Waals surface area contributed by atoms with Gasteiger partial charge in [0.15, 0.2) is 16.8 Å². The summed E-state index contributed by atoms with van der Waals surface area (Å²) < 4.78 is 15.9. The van der Waals surface area contributed by atoms with Crippen molar-refractivity contribution in [2.24, 2.45) is 0 Å². The molecule has 2 heterocycles. The number of para-hydroxylation sites is 1. The molecule has 0 unspecified atom stereocenters. The first-order valence-corrected chi connectivity index (χ1v) is 10.3. The highest BCUT2D eigenvalue weighted by molar-refractivity contribution is 7.99. The minimum absolute atomic E-state index is 0.0178. The van der Waals surface area contributed by atoms with E-state index in [1.165, 1.54) is 23.9 Å². The number of rotatable bonds is 6. The summed E-state index contributed by atoms with van der Waals surface area (Å²) in [6, 6.07) is 17.7. The summed E-state index contributed by atoms with van der Waals surface area (Å²) in [4.78, 5) is 16.5. The van der Waals surface area contributed by atoms with Gasteiger partial charge in [0.1, 0.15) is 0 Å². The summed E-state index contributed by atoms with van der Waals surface area (Å²) in [5, 5.41) is 11.6. The summed E-state index contributed by atoms with van der Waals surface area (Å²) in [5.41, 5.74) is 1.69. The Morgan fingerprint density at radius 2 is 1.90 bits per heavy atom. The molecule has 0 bridgehead atoms. The van der Waals surface area contributed by atoms with Crippen LogP contribution in [0.5, 0.6) is 0 Å². The molecule has 4 rings (SSSR count). The van der Waals surface area contributed by atoms with Gasteiger partial charge in [0, 0.05) is 23.6 Å². The quantitative estimate of drug-likeness (QED) is 0.435. The van der Waals surface area contributed by atoms with Crippen LogP contribution in [-0.4, -0.2) is 31.4 Å². The molecular weight excluding hydrogens is 425 g/mol. The number of amides is 1. The number of nitrogens with one attached hydrogen (secondary N) is 1. The van der Waals surface area contributed by atoms with Crippen LogP contribution in [0, 0.1) is 5.82 Å².